The monoisotopic (exact) mass is 358 g/mol. The summed E-state index contributed by atoms with van der Waals surface area (Å²) in [7, 11) is 0. The van der Waals surface area contributed by atoms with E-state index in [1.165, 1.54) is 11.3 Å². The number of para-hydroxylation sites is 1. The van der Waals surface area contributed by atoms with Gasteiger partial charge in [0, 0.05) is 0 Å². The number of thiazole rings is 1. The summed E-state index contributed by atoms with van der Waals surface area (Å²) < 4.78 is 6.26. The van der Waals surface area contributed by atoms with E-state index in [-0.39, 0.29) is 36.8 Å². The number of carbonyl (C=O) groups excluding carboxylic acids is 3. The van der Waals surface area contributed by atoms with Crippen molar-refractivity contribution in [1.29, 1.82) is 0 Å². The van der Waals surface area contributed by atoms with E-state index >= 15 is 0 Å². The summed E-state index contributed by atoms with van der Waals surface area (Å²) in [6.45, 7) is -0.239. The molecule has 2 amide bonds. The normalized spacial score (nSPS) is 23.1. The molecule has 2 aliphatic rings. The van der Waals surface area contributed by atoms with E-state index in [1.807, 2.05) is 24.3 Å². The molecule has 1 aromatic carbocycles. The molecule has 0 N–H and O–H groups in total. The van der Waals surface area contributed by atoms with E-state index < -0.39 is 5.97 Å². The molecular formula is C18H18N2O4S. The van der Waals surface area contributed by atoms with Gasteiger partial charge in [-0.25, -0.2) is 4.98 Å². The second-order valence-corrected chi connectivity index (χ2v) is 7.61. The van der Waals surface area contributed by atoms with Gasteiger partial charge in [0.1, 0.15) is 18.2 Å². The van der Waals surface area contributed by atoms with Crippen LogP contribution in [0, 0.1) is 11.8 Å². The first kappa shape index (κ1) is 16.2. The standard InChI is InChI=1S/C18H18N2O4S/c21-16(24-10-15-19-13-7-3-4-8-14(13)25-15)9-20-17(22)11-5-1-2-6-12(11)18(20)23/h3-4,7-8,11-12H,1-2,5-6,9-10H2. The molecule has 25 heavy (non-hydrogen) atoms. The fraction of sp³-hybridized carbons (Fsp3) is 0.444. The third-order valence-corrected chi connectivity index (χ3v) is 5.92. The van der Waals surface area contributed by atoms with Crippen LogP contribution in [0.5, 0.6) is 0 Å². The lowest BCUT2D eigenvalue weighted by molar-refractivity contribution is -0.153. The molecule has 2 unspecified atom stereocenters. The minimum atomic E-state index is -0.570. The Morgan fingerprint density at radius 1 is 1.16 bits per heavy atom. The zero-order chi connectivity index (χ0) is 17.4. The summed E-state index contributed by atoms with van der Waals surface area (Å²) in [5, 5.41) is 0.697. The lowest BCUT2D eigenvalue weighted by atomic mass is 9.81. The number of fused-ring (bicyclic) bond motifs is 2. The number of nitrogens with zero attached hydrogens (tertiary/aromatic N) is 2. The van der Waals surface area contributed by atoms with Crippen LogP contribution < -0.4 is 0 Å². The predicted octanol–water partition coefficient (Wildman–Crippen LogP) is 2.51. The third kappa shape index (κ3) is 3.04. The highest BCUT2D eigenvalue weighted by atomic mass is 32.1. The molecule has 1 aliphatic heterocycles. The summed E-state index contributed by atoms with van der Waals surface area (Å²) in [6.07, 6.45) is 3.42. The van der Waals surface area contributed by atoms with Gasteiger partial charge in [-0.15, -0.1) is 11.3 Å². The molecule has 7 heteroatoms. The van der Waals surface area contributed by atoms with Crippen LogP contribution in [0.15, 0.2) is 24.3 Å². The van der Waals surface area contributed by atoms with Crippen LogP contribution in [0.1, 0.15) is 30.7 Å². The molecule has 2 fully saturated rings. The van der Waals surface area contributed by atoms with Crippen molar-refractivity contribution in [3.63, 3.8) is 0 Å². The van der Waals surface area contributed by atoms with E-state index in [9.17, 15) is 14.4 Å². The van der Waals surface area contributed by atoms with Crippen molar-refractivity contribution >= 4 is 39.3 Å². The molecule has 6 nitrogen and oxygen atoms in total. The number of hydrogen-bond donors (Lipinski definition) is 0. The van der Waals surface area contributed by atoms with Crippen molar-refractivity contribution in [2.45, 2.75) is 32.3 Å². The lowest BCUT2D eigenvalue weighted by Crippen LogP contribution is -2.36. The Morgan fingerprint density at radius 2 is 1.84 bits per heavy atom. The quantitative estimate of drug-likeness (QED) is 0.620. The van der Waals surface area contributed by atoms with Gasteiger partial charge >= 0.3 is 5.97 Å². The summed E-state index contributed by atoms with van der Waals surface area (Å²) in [5.41, 5.74) is 0.868. The molecule has 2 atom stereocenters. The number of likely N-dealkylation sites (tertiary alicyclic amines) is 1. The molecule has 0 spiro atoms. The first-order valence-corrected chi connectivity index (χ1v) is 9.30. The average molecular weight is 358 g/mol. The highest BCUT2D eigenvalue weighted by Gasteiger charge is 2.48. The Hall–Kier alpha value is -2.28. The maximum atomic E-state index is 12.4. The van der Waals surface area contributed by atoms with Gasteiger partial charge in [0.15, 0.2) is 0 Å². The number of amides is 2. The Bertz CT molecular complexity index is 789. The number of rotatable bonds is 4. The van der Waals surface area contributed by atoms with Gasteiger partial charge in [-0.3, -0.25) is 19.3 Å². The van der Waals surface area contributed by atoms with Crippen LogP contribution >= 0.6 is 11.3 Å². The van der Waals surface area contributed by atoms with Gasteiger partial charge in [-0.2, -0.15) is 0 Å². The van der Waals surface area contributed by atoms with Crippen molar-refractivity contribution in [2.24, 2.45) is 11.8 Å². The fourth-order valence-corrected chi connectivity index (χ4v) is 4.57. The Balaban J connectivity index is 1.37. The smallest absolute Gasteiger partial charge is 0.326 e. The number of ether oxygens (including phenoxy) is 1. The zero-order valence-corrected chi connectivity index (χ0v) is 14.5. The summed E-state index contributed by atoms with van der Waals surface area (Å²) in [6, 6.07) is 7.70. The third-order valence-electron chi connectivity index (χ3n) is 4.91. The molecule has 2 aromatic rings. The molecular weight excluding hydrogens is 340 g/mol. The molecule has 1 aliphatic carbocycles. The van der Waals surface area contributed by atoms with E-state index in [1.54, 1.807) is 0 Å². The van der Waals surface area contributed by atoms with Crippen LogP contribution in [0.2, 0.25) is 0 Å². The Morgan fingerprint density at radius 3 is 2.52 bits per heavy atom. The van der Waals surface area contributed by atoms with Crippen LogP contribution in [0.25, 0.3) is 10.2 Å². The maximum absolute atomic E-state index is 12.4. The van der Waals surface area contributed by atoms with Crippen molar-refractivity contribution < 1.29 is 19.1 Å². The first-order chi connectivity index (χ1) is 12.1. The van der Waals surface area contributed by atoms with Crippen LogP contribution in [-0.2, 0) is 25.7 Å². The minimum absolute atomic E-state index is 0.0568. The molecule has 1 saturated carbocycles. The number of carbonyl (C=O) groups is 3. The second kappa shape index (κ2) is 6.55. The summed E-state index contributed by atoms with van der Waals surface area (Å²) >= 11 is 1.46. The predicted molar refractivity (Wildman–Crippen MR) is 91.6 cm³/mol. The van der Waals surface area contributed by atoms with E-state index in [2.05, 4.69) is 4.98 Å². The zero-order valence-electron chi connectivity index (χ0n) is 13.6. The second-order valence-electron chi connectivity index (χ2n) is 6.50. The fourth-order valence-electron chi connectivity index (χ4n) is 3.69. The molecule has 1 saturated heterocycles. The highest BCUT2D eigenvalue weighted by molar-refractivity contribution is 7.18. The minimum Gasteiger partial charge on any atom is -0.457 e. The first-order valence-electron chi connectivity index (χ1n) is 8.49. The van der Waals surface area contributed by atoms with Gasteiger partial charge in [0.25, 0.3) is 0 Å². The van der Waals surface area contributed by atoms with Gasteiger partial charge < -0.3 is 4.74 Å². The van der Waals surface area contributed by atoms with Crippen molar-refractivity contribution in [3.05, 3.63) is 29.3 Å². The van der Waals surface area contributed by atoms with E-state index in [4.69, 9.17) is 4.74 Å². The largest absolute Gasteiger partial charge is 0.457 e. The molecule has 4 rings (SSSR count). The van der Waals surface area contributed by atoms with Gasteiger partial charge in [0.2, 0.25) is 11.8 Å². The highest BCUT2D eigenvalue weighted by Crippen LogP contribution is 2.37. The van der Waals surface area contributed by atoms with Gasteiger partial charge in [-0.1, -0.05) is 25.0 Å². The van der Waals surface area contributed by atoms with Crippen LogP contribution in [0.3, 0.4) is 0 Å². The molecule has 130 valence electrons. The van der Waals surface area contributed by atoms with Crippen molar-refractivity contribution in [3.8, 4) is 0 Å². The Kier molecular flexibility index (Phi) is 4.25. The van der Waals surface area contributed by atoms with Crippen LogP contribution in [-0.4, -0.2) is 34.2 Å². The topological polar surface area (TPSA) is 76.6 Å². The van der Waals surface area contributed by atoms with Crippen molar-refractivity contribution in [2.75, 3.05) is 6.54 Å². The number of esters is 1. The summed E-state index contributed by atoms with van der Waals surface area (Å²) in [4.78, 5) is 42.3. The molecule has 0 bridgehead atoms. The van der Waals surface area contributed by atoms with Crippen molar-refractivity contribution in [1.82, 2.24) is 9.88 Å². The van der Waals surface area contributed by atoms with Crippen LogP contribution in [0.4, 0.5) is 0 Å². The molecule has 2 heterocycles. The average Bonchev–Trinajstić information content (AvgIpc) is 3.15. The maximum Gasteiger partial charge on any atom is 0.326 e. The van der Waals surface area contributed by atoms with Gasteiger partial charge in [-0.05, 0) is 25.0 Å². The SMILES string of the molecule is O=C(CN1C(=O)C2CCCCC2C1=O)OCc1nc2ccccc2s1. The van der Waals surface area contributed by atoms with E-state index in [0.717, 1.165) is 40.8 Å². The molecule has 0 radical (unpaired) electrons. The number of hydrogen-bond acceptors (Lipinski definition) is 6. The Labute approximate surface area is 148 Å². The van der Waals surface area contributed by atoms with E-state index in [0.29, 0.717) is 5.01 Å². The summed E-state index contributed by atoms with van der Waals surface area (Å²) in [5.74, 6) is -1.48. The number of aromatic nitrogens is 1. The number of benzene rings is 1. The molecule has 1 aromatic heterocycles. The van der Waals surface area contributed by atoms with Gasteiger partial charge in [0.05, 0.1) is 22.1 Å². The lowest BCUT2D eigenvalue weighted by Gasteiger charge is -2.19. The number of imide groups is 1.